The summed E-state index contributed by atoms with van der Waals surface area (Å²) >= 11 is 0. The molecule has 0 N–H and O–H groups in total. The summed E-state index contributed by atoms with van der Waals surface area (Å²) in [6.45, 7) is 4.87. The molecule has 0 unspecified atom stereocenters. The Labute approximate surface area is 125 Å². The van der Waals surface area contributed by atoms with Gasteiger partial charge < -0.3 is 13.9 Å². The van der Waals surface area contributed by atoms with Gasteiger partial charge in [0, 0.05) is 0 Å². The average molecular weight is 316 g/mol. The van der Waals surface area contributed by atoms with Crippen LogP contribution < -0.4 is 9.47 Å². The van der Waals surface area contributed by atoms with Crippen LogP contribution in [0.3, 0.4) is 0 Å². The molecule has 2 aromatic heterocycles. The maximum atomic E-state index is 13.3. The van der Waals surface area contributed by atoms with Gasteiger partial charge >= 0.3 is 6.18 Å². The third-order valence-corrected chi connectivity index (χ3v) is 2.50. The minimum Gasteiger partial charge on any atom is -0.480 e. The highest BCUT2D eigenvalue weighted by molar-refractivity contribution is 5.56. The largest absolute Gasteiger partial charge is 0.480 e. The van der Waals surface area contributed by atoms with Crippen LogP contribution in [0.1, 0.15) is 26.3 Å². The highest BCUT2D eigenvalue weighted by Gasteiger charge is 2.42. The first kappa shape index (κ1) is 16.1. The third kappa shape index (κ3) is 3.49. The molecule has 0 aliphatic rings. The Bertz CT molecular complexity index is 647. The molecule has 0 aliphatic heterocycles. The molecule has 0 aromatic carbocycles. The summed E-state index contributed by atoms with van der Waals surface area (Å²) in [7, 11) is 1.11. The fraction of sp³-hybridized carbons (Fsp3) is 0.429. The maximum Gasteiger partial charge on any atom is 0.426 e. The van der Waals surface area contributed by atoms with Gasteiger partial charge in [0.15, 0.2) is 11.4 Å². The number of ether oxygens (including phenoxy) is 2. The van der Waals surface area contributed by atoms with Crippen molar-refractivity contribution in [2.75, 3.05) is 7.11 Å². The van der Waals surface area contributed by atoms with Crippen LogP contribution in [0.2, 0.25) is 0 Å². The highest BCUT2D eigenvalue weighted by atomic mass is 19.4. The molecule has 0 saturated heterocycles. The number of hydrogen-bond acceptors (Lipinski definition) is 5. The highest BCUT2D eigenvalue weighted by Crippen LogP contribution is 2.42. The van der Waals surface area contributed by atoms with Crippen LogP contribution in [-0.2, 0) is 6.18 Å². The van der Waals surface area contributed by atoms with Gasteiger partial charge in [-0.2, -0.15) is 23.1 Å². The van der Waals surface area contributed by atoms with Gasteiger partial charge in [-0.3, -0.25) is 0 Å². The van der Waals surface area contributed by atoms with Crippen LogP contribution in [0.25, 0.3) is 11.4 Å². The summed E-state index contributed by atoms with van der Waals surface area (Å²) in [5.41, 5.74) is -1.59. The van der Waals surface area contributed by atoms with E-state index in [0.717, 1.165) is 7.11 Å². The summed E-state index contributed by atoms with van der Waals surface area (Å²) in [5, 5.41) is 0. The van der Waals surface area contributed by atoms with Gasteiger partial charge in [0.05, 0.1) is 18.9 Å². The average Bonchev–Trinajstić information content (AvgIpc) is 2.87. The number of aromatic nitrogens is 2. The third-order valence-electron chi connectivity index (χ3n) is 2.50. The van der Waals surface area contributed by atoms with Crippen LogP contribution in [0.5, 0.6) is 11.8 Å². The molecule has 0 spiro atoms. The van der Waals surface area contributed by atoms with Gasteiger partial charge in [-0.15, -0.1) is 0 Å². The quantitative estimate of drug-likeness (QED) is 0.858. The number of alkyl halides is 3. The Balaban J connectivity index is 2.67. The van der Waals surface area contributed by atoms with E-state index in [-0.39, 0.29) is 5.82 Å². The molecule has 0 atom stereocenters. The fourth-order valence-corrected chi connectivity index (χ4v) is 1.70. The molecule has 22 heavy (non-hydrogen) atoms. The predicted molar refractivity (Wildman–Crippen MR) is 71.7 cm³/mol. The normalized spacial score (nSPS) is 12.3. The first-order valence-corrected chi connectivity index (χ1v) is 6.36. The molecular formula is C14H15F3N2O3. The second-order valence-electron chi connectivity index (χ2n) is 5.46. The molecule has 0 bridgehead atoms. The zero-order chi connectivity index (χ0) is 16.5. The second kappa shape index (κ2) is 5.51. The molecule has 8 heteroatoms. The molecule has 2 heterocycles. The standard InChI is InChI=1S/C14H15F3N2O3/c1-13(2,3)22-12-9(14(15,16)17)11(20-4)18-10(19-12)8-5-6-21-7-8/h5-7H,1-4H3. The van der Waals surface area contributed by atoms with Gasteiger partial charge in [0.2, 0.25) is 11.8 Å². The van der Waals surface area contributed by atoms with Gasteiger partial charge in [-0.05, 0) is 26.8 Å². The Hall–Kier alpha value is -2.25. The lowest BCUT2D eigenvalue weighted by Gasteiger charge is -2.24. The van der Waals surface area contributed by atoms with E-state index in [4.69, 9.17) is 13.9 Å². The summed E-state index contributed by atoms with van der Waals surface area (Å²) < 4.78 is 54.9. The van der Waals surface area contributed by atoms with Crippen LogP contribution in [-0.4, -0.2) is 22.7 Å². The lowest BCUT2D eigenvalue weighted by atomic mass is 10.2. The fourth-order valence-electron chi connectivity index (χ4n) is 1.70. The molecule has 120 valence electrons. The van der Waals surface area contributed by atoms with Crippen molar-refractivity contribution in [3.8, 4) is 23.1 Å². The van der Waals surface area contributed by atoms with Crippen LogP contribution in [0.4, 0.5) is 13.2 Å². The van der Waals surface area contributed by atoms with E-state index in [9.17, 15) is 13.2 Å². The van der Waals surface area contributed by atoms with Crippen molar-refractivity contribution in [1.82, 2.24) is 9.97 Å². The van der Waals surface area contributed by atoms with Crippen molar-refractivity contribution in [2.45, 2.75) is 32.5 Å². The van der Waals surface area contributed by atoms with Gasteiger partial charge in [-0.25, -0.2) is 0 Å². The van der Waals surface area contributed by atoms with Crippen molar-refractivity contribution < 1.29 is 27.1 Å². The lowest BCUT2D eigenvalue weighted by Crippen LogP contribution is -2.26. The van der Waals surface area contributed by atoms with E-state index in [1.807, 2.05) is 0 Å². The smallest absolute Gasteiger partial charge is 0.426 e. The van der Waals surface area contributed by atoms with Gasteiger partial charge in [0.1, 0.15) is 11.9 Å². The monoisotopic (exact) mass is 316 g/mol. The summed E-state index contributed by atoms with van der Waals surface area (Å²) in [5.74, 6) is -1.15. The number of nitrogens with zero attached hydrogens (tertiary/aromatic N) is 2. The Morgan fingerprint density at radius 1 is 1.09 bits per heavy atom. The van der Waals surface area contributed by atoms with Gasteiger partial charge in [-0.1, -0.05) is 0 Å². The molecule has 0 radical (unpaired) electrons. The van der Waals surface area contributed by atoms with Crippen molar-refractivity contribution >= 4 is 0 Å². The van der Waals surface area contributed by atoms with E-state index in [1.54, 1.807) is 20.8 Å². The maximum absolute atomic E-state index is 13.3. The van der Waals surface area contributed by atoms with Crippen LogP contribution >= 0.6 is 0 Å². The zero-order valence-electron chi connectivity index (χ0n) is 12.5. The van der Waals surface area contributed by atoms with Crippen molar-refractivity contribution in [2.24, 2.45) is 0 Å². The van der Waals surface area contributed by atoms with E-state index in [1.165, 1.54) is 18.6 Å². The van der Waals surface area contributed by atoms with E-state index < -0.39 is 29.1 Å². The number of hydrogen-bond donors (Lipinski definition) is 0. The molecule has 0 aliphatic carbocycles. The SMILES string of the molecule is COc1nc(-c2ccoc2)nc(OC(C)(C)C)c1C(F)(F)F. The van der Waals surface area contributed by atoms with E-state index in [2.05, 4.69) is 9.97 Å². The zero-order valence-corrected chi connectivity index (χ0v) is 12.5. The predicted octanol–water partition coefficient (Wildman–Crippen LogP) is 3.94. The summed E-state index contributed by atoms with van der Waals surface area (Å²) in [6, 6.07) is 1.53. The number of methoxy groups -OCH3 is 1. The van der Waals surface area contributed by atoms with Gasteiger partial charge in [0.25, 0.3) is 0 Å². The van der Waals surface area contributed by atoms with Crippen molar-refractivity contribution in [3.05, 3.63) is 24.2 Å². The molecule has 0 saturated carbocycles. The number of halogens is 3. The second-order valence-corrected chi connectivity index (χ2v) is 5.46. The minimum atomic E-state index is -4.71. The topological polar surface area (TPSA) is 57.4 Å². The molecule has 5 nitrogen and oxygen atoms in total. The van der Waals surface area contributed by atoms with Crippen LogP contribution in [0.15, 0.2) is 23.0 Å². The first-order valence-electron chi connectivity index (χ1n) is 6.36. The molecular weight excluding hydrogens is 301 g/mol. The van der Waals surface area contributed by atoms with Crippen molar-refractivity contribution in [1.29, 1.82) is 0 Å². The van der Waals surface area contributed by atoms with E-state index >= 15 is 0 Å². The number of furan rings is 1. The Morgan fingerprint density at radius 2 is 1.73 bits per heavy atom. The molecule has 2 rings (SSSR count). The van der Waals surface area contributed by atoms with E-state index in [0.29, 0.717) is 5.56 Å². The minimum absolute atomic E-state index is 0.0258. The molecule has 2 aromatic rings. The number of rotatable bonds is 3. The molecule has 0 amide bonds. The Morgan fingerprint density at radius 3 is 2.18 bits per heavy atom. The molecule has 0 fully saturated rings. The van der Waals surface area contributed by atoms with Crippen LogP contribution in [0, 0.1) is 0 Å². The first-order chi connectivity index (χ1) is 10.1. The summed E-state index contributed by atoms with van der Waals surface area (Å²) in [4.78, 5) is 7.68. The Kier molecular flexibility index (Phi) is 4.04. The van der Waals surface area contributed by atoms with Crippen molar-refractivity contribution in [3.63, 3.8) is 0 Å². The lowest BCUT2D eigenvalue weighted by molar-refractivity contribution is -0.141. The summed E-state index contributed by atoms with van der Waals surface area (Å²) in [6.07, 6.45) is -2.02.